The third kappa shape index (κ3) is 2.71. The van der Waals surface area contributed by atoms with Crippen molar-refractivity contribution < 1.29 is 9.53 Å². The number of hydrogen-bond acceptors (Lipinski definition) is 4. The Kier molecular flexibility index (Phi) is 3.34. The number of hydrogen-bond donors (Lipinski definition) is 1. The van der Waals surface area contributed by atoms with Gasteiger partial charge < -0.3 is 15.4 Å². The van der Waals surface area contributed by atoms with Crippen LogP contribution >= 0.6 is 0 Å². The number of fused-ring (bicyclic) bond motifs is 1. The smallest absolute Gasteiger partial charge is 0.410 e. The van der Waals surface area contributed by atoms with Gasteiger partial charge in [-0.1, -0.05) is 0 Å². The predicted octanol–water partition coefficient (Wildman–Crippen LogP) is 2.48. The zero-order chi connectivity index (χ0) is 15.2. The normalized spacial score (nSPS) is 19.1. The molecule has 6 nitrogen and oxygen atoms in total. The van der Waals surface area contributed by atoms with Crippen molar-refractivity contribution in [3.63, 3.8) is 0 Å². The van der Waals surface area contributed by atoms with E-state index in [9.17, 15) is 4.79 Å². The summed E-state index contributed by atoms with van der Waals surface area (Å²) in [6.45, 7) is 6.78. The van der Waals surface area contributed by atoms with Gasteiger partial charge in [-0.05, 0) is 40.0 Å². The van der Waals surface area contributed by atoms with E-state index in [-0.39, 0.29) is 6.09 Å². The second-order valence-electron chi connectivity index (χ2n) is 6.99. The number of nitrogen functional groups attached to an aromatic ring is 1. The molecule has 2 aliphatic rings. The maximum absolute atomic E-state index is 12.2. The number of nitrogens with two attached hydrogens (primary N) is 1. The molecule has 0 bridgehead atoms. The number of nitrogens with zero attached hydrogens (tertiary/aromatic N) is 3. The molecule has 1 saturated carbocycles. The molecule has 0 radical (unpaired) electrons. The maximum Gasteiger partial charge on any atom is 0.410 e. The van der Waals surface area contributed by atoms with Crippen LogP contribution in [0.1, 0.15) is 57.3 Å². The standard InChI is InChI=1S/C15H24N4O2/c1-15(2,3)21-14(20)18-8-7-12-11(9-18)13(16)19(17-12)10-5-4-6-10/h10H,4-9,16H2,1-3H3. The highest BCUT2D eigenvalue weighted by molar-refractivity contribution is 5.69. The van der Waals surface area contributed by atoms with E-state index in [0.717, 1.165) is 36.3 Å². The Morgan fingerprint density at radius 3 is 2.67 bits per heavy atom. The van der Waals surface area contributed by atoms with Gasteiger partial charge in [-0.2, -0.15) is 5.10 Å². The van der Waals surface area contributed by atoms with Crippen LogP contribution in [0.2, 0.25) is 0 Å². The SMILES string of the molecule is CC(C)(C)OC(=O)N1CCc2nn(C3CCC3)c(N)c2C1. The Hall–Kier alpha value is -1.72. The molecule has 6 heteroatoms. The highest BCUT2D eigenvalue weighted by Gasteiger charge is 2.31. The van der Waals surface area contributed by atoms with Crippen molar-refractivity contribution in [1.29, 1.82) is 0 Å². The second-order valence-corrected chi connectivity index (χ2v) is 6.99. The van der Waals surface area contributed by atoms with Gasteiger partial charge in [-0.25, -0.2) is 9.48 Å². The van der Waals surface area contributed by atoms with E-state index < -0.39 is 5.60 Å². The average Bonchev–Trinajstić information content (AvgIpc) is 2.62. The lowest BCUT2D eigenvalue weighted by Gasteiger charge is -2.29. The summed E-state index contributed by atoms with van der Waals surface area (Å²) >= 11 is 0. The number of carbonyl (C=O) groups is 1. The Morgan fingerprint density at radius 2 is 2.10 bits per heavy atom. The van der Waals surface area contributed by atoms with Crippen LogP contribution in [0.15, 0.2) is 0 Å². The van der Waals surface area contributed by atoms with Gasteiger partial charge in [0.15, 0.2) is 0 Å². The molecule has 21 heavy (non-hydrogen) atoms. The van der Waals surface area contributed by atoms with Crippen molar-refractivity contribution >= 4 is 11.9 Å². The van der Waals surface area contributed by atoms with Gasteiger partial charge >= 0.3 is 6.09 Å². The van der Waals surface area contributed by atoms with E-state index in [1.54, 1.807) is 4.90 Å². The van der Waals surface area contributed by atoms with E-state index in [1.807, 2.05) is 25.5 Å². The van der Waals surface area contributed by atoms with Crippen LogP contribution in [0.4, 0.5) is 10.6 Å². The lowest BCUT2D eigenvalue weighted by Crippen LogP contribution is -2.39. The van der Waals surface area contributed by atoms with Crippen molar-refractivity contribution in [2.45, 2.75) is 64.6 Å². The summed E-state index contributed by atoms with van der Waals surface area (Å²) in [5.74, 6) is 0.725. The molecular weight excluding hydrogens is 268 g/mol. The first kappa shape index (κ1) is 14.2. The Morgan fingerprint density at radius 1 is 1.38 bits per heavy atom. The van der Waals surface area contributed by atoms with Crippen molar-refractivity contribution in [3.8, 4) is 0 Å². The molecule has 0 spiro atoms. The van der Waals surface area contributed by atoms with Crippen LogP contribution in [0.5, 0.6) is 0 Å². The van der Waals surface area contributed by atoms with E-state index in [4.69, 9.17) is 10.5 Å². The number of anilines is 1. The third-order valence-corrected chi connectivity index (χ3v) is 4.17. The number of ether oxygens (including phenoxy) is 1. The molecule has 1 aromatic rings. The van der Waals surface area contributed by atoms with Crippen LogP contribution in [-0.4, -0.2) is 32.9 Å². The number of amides is 1. The van der Waals surface area contributed by atoms with Crippen molar-refractivity contribution in [1.82, 2.24) is 14.7 Å². The zero-order valence-corrected chi connectivity index (χ0v) is 13.1. The molecule has 0 saturated heterocycles. The van der Waals surface area contributed by atoms with Crippen LogP contribution < -0.4 is 5.73 Å². The summed E-state index contributed by atoms with van der Waals surface area (Å²) in [6.07, 6.45) is 4.03. The first-order valence-corrected chi connectivity index (χ1v) is 7.69. The lowest BCUT2D eigenvalue weighted by molar-refractivity contribution is 0.0224. The van der Waals surface area contributed by atoms with E-state index in [0.29, 0.717) is 19.1 Å². The quantitative estimate of drug-likeness (QED) is 0.863. The molecule has 1 aliphatic carbocycles. The van der Waals surface area contributed by atoms with Gasteiger partial charge in [0.05, 0.1) is 18.3 Å². The first-order chi connectivity index (χ1) is 9.85. The van der Waals surface area contributed by atoms with E-state index in [1.165, 1.54) is 6.42 Å². The molecule has 1 aliphatic heterocycles. The van der Waals surface area contributed by atoms with Gasteiger partial charge in [-0.3, -0.25) is 0 Å². The monoisotopic (exact) mass is 292 g/mol. The fourth-order valence-electron chi connectivity index (χ4n) is 2.81. The van der Waals surface area contributed by atoms with Gasteiger partial charge in [0.25, 0.3) is 0 Å². The number of carbonyl (C=O) groups excluding carboxylic acids is 1. The Labute approximate surface area is 125 Å². The van der Waals surface area contributed by atoms with E-state index >= 15 is 0 Å². The fraction of sp³-hybridized carbons (Fsp3) is 0.733. The number of aromatic nitrogens is 2. The lowest BCUT2D eigenvalue weighted by atomic mass is 9.93. The molecule has 2 heterocycles. The zero-order valence-electron chi connectivity index (χ0n) is 13.1. The summed E-state index contributed by atoms with van der Waals surface area (Å²) in [6, 6.07) is 0.450. The predicted molar refractivity (Wildman–Crippen MR) is 79.9 cm³/mol. The fourth-order valence-corrected chi connectivity index (χ4v) is 2.81. The summed E-state index contributed by atoms with van der Waals surface area (Å²) in [5.41, 5.74) is 7.81. The Bertz CT molecular complexity index is 555. The molecule has 0 atom stereocenters. The summed E-state index contributed by atoms with van der Waals surface area (Å²) in [5, 5.41) is 4.65. The molecule has 0 unspecified atom stereocenters. The molecular formula is C15H24N4O2. The molecule has 1 fully saturated rings. The van der Waals surface area contributed by atoms with Gasteiger partial charge in [0, 0.05) is 18.5 Å². The van der Waals surface area contributed by atoms with Crippen LogP contribution in [0, 0.1) is 0 Å². The Balaban J connectivity index is 1.76. The molecule has 1 aromatic heterocycles. The van der Waals surface area contributed by atoms with Crippen LogP contribution in [-0.2, 0) is 17.7 Å². The molecule has 116 valence electrons. The molecule has 3 rings (SSSR count). The minimum absolute atomic E-state index is 0.274. The van der Waals surface area contributed by atoms with Gasteiger partial charge in [0.2, 0.25) is 0 Å². The summed E-state index contributed by atoms with van der Waals surface area (Å²) < 4.78 is 7.40. The highest BCUT2D eigenvalue weighted by Crippen LogP contribution is 2.36. The minimum Gasteiger partial charge on any atom is -0.444 e. The number of rotatable bonds is 1. The summed E-state index contributed by atoms with van der Waals surface area (Å²) in [7, 11) is 0. The first-order valence-electron chi connectivity index (χ1n) is 7.69. The summed E-state index contributed by atoms with van der Waals surface area (Å²) in [4.78, 5) is 13.9. The highest BCUT2D eigenvalue weighted by atomic mass is 16.6. The molecule has 2 N–H and O–H groups in total. The van der Waals surface area contributed by atoms with Crippen molar-refractivity contribution in [2.24, 2.45) is 0 Å². The largest absolute Gasteiger partial charge is 0.444 e. The van der Waals surface area contributed by atoms with Crippen LogP contribution in [0.25, 0.3) is 0 Å². The van der Waals surface area contributed by atoms with Gasteiger partial charge in [-0.15, -0.1) is 0 Å². The van der Waals surface area contributed by atoms with Gasteiger partial charge in [0.1, 0.15) is 11.4 Å². The molecule has 0 aromatic carbocycles. The van der Waals surface area contributed by atoms with Crippen LogP contribution in [0.3, 0.4) is 0 Å². The third-order valence-electron chi connectivity index (χ3n) is 4.17. The second kappa shape index (κ2) is 4.93. The molecule has 1 amide bonds. The topological polar surface area (TPSA) is 73.4 Å². The van der Waals surface area contributed by atoms with Crippen molar-refractivity contribution in [2.75, 3.05) is 12.3 Å². The maximum atomic E-state index is 12.2. The van der Waals surface area contributed by atoms with Crippen molar-refractivity contribution in [3.05, 3.63) is 11.3 Å². The van der Waals surface area contributed by atoms with E-state index in [2.05, 4.69) is 5.10 Å². The average molecular weight is 292 g/mol. The minimum atomic E-state index is -0.473.